The lowest BCUT2D eigenvalue weighted by molar-refractivity contribution is -0.108. The molecule has 0 unspecified atom stereocenters. The molecule has 0 saturated heterocycles. The van der Waals surface area contributed by atoms with Crippen molar-refractivity contribution in [3.63, 3.8) is 0 Å². The summed E-state index contributed by atoms with van der Waals surface area (Å²) in [6.45, 7) is 0. The van der Waals surface area contributed by atoms with Crippen LogP contribution in [0.3, 0.4) is 0 Å². The smallest absolute Gasteiger partial charge is 0.200 e. The summed E-state index contributed by atoms with van der Waals surface area (Å²) in [5.74, 6) is -0.378. The van der Waals surface area contributed by atoms with Crippen LogP contribution in [0.15, 0.2) is 24.4 Å². The van der Waals surface area contributed by atoms with E-state index in [4.69, 9.17) is 9.47 Å². The molecule has 0 aliphatic rings. The predicted octanol–water partition coefficient (Wildman–Crippen LogP) is 2.06. The number of hydrogen-bond acceptors (Lipinski definition) is 4. The van der Waals surface area contributed by atoms with Crippen LogP contribution in [-0.4, -0.2) is 24.2 Å². The van der Waals surface area contributed by atoms with Gasteiger partial charge in [-0.3, -0.25) is 0 Å². The van der Waals surface area contributed by atoms with Gasteiger partial charge < -0.3 is 9.47 Å². The first kappa shape index (κ1) is 10.9. The minimum Gasteiger partial charge on any atom is -0.350 e. The van der Waals surface area contributed by atoms with Crippen molar-refractivity contribution in [1.29, 1.82) is 0 Å². The Bertz CT molecular complexity index is 500. The van der Waals surface area contributed by atoms with Gasteiger partial charge in [-0.2, -0.15) is 0 Å². The van der Waals surface area contributed by atoms with Crippen LogP contribution < -0.4 is 0 Å². The van der Waals surface area contributed by atoms with E-state index < -0.39 is 6.29 Å². The Balaban J connectivity index is 2.47. The Morgan fingerprint density at radius 3 is 2.69 bits per heavy atom. The first-order valence-electron chi connectivity index (χ1n) is 4.72. The Morgan fingerprint density at radius 2 is 2.00 bits per heavy atom. The van der Waals surface area contributed by atoms with E-state index in [1.165, 1.54) is 20.3 Å². The van der Waals surface area contributed by atoms with Gasteiger partial charge in [-0.1, -0.05) is 0 Å². The molecule has 2 aromatic rings. The average Bonchev–Trinajstić information content (AvgIpc) is 2.31. The van der Waals surface area contributed by atoms with Crippen LogP contribution in [0.1, 0.15) is 12.0 Å². The van der Waals surface area contributed by atoms with Gasteiger partial charge in [0.15, 0.2) is 5.65 Å². The summed E-state index contributed by atoms with van der Waals surface area (Å²) in [5.41, 5.74) is 1.08. The molecule has 2 heterocycles. The van der Waals surface area contributed by atoms with E-state index in [9.17, 15) is 4.39 Å². The van der Waals surface area contributed by atoms with Crippen molar-refractivity contribution in [3.8, 4) is 0 Å². The van der Waals surface area contributed by atoms with Gasteiger partial charge >= 0.3 is 0 Å². The molecule has 16 heavy (non-hydrogen) atoms. The fourth-order valence-corrected chi connectivity index (χ4v) is 1.47. The highest BCUT2D eigenvalue weighted by Gasteiger charge is 2.11. The molecule has 0 radical (unpaired) electrons. The van der Waals surface area contributed by atoms with E-state index in [2.05, 4.69) is 9.97 Å². The number of ether oxygens (including phenoxy) is 2. The third kappa shape index (κ3) is 2.00. The first-order valence-corrected chi connectivity index (χ1v) is 4.72. The van der Waals surface area contributed by atoms with Gasteiger partial charge in [0.25, 0.3) is 0 Å². The third-order valence-electron chi connectivity index (χ3n) is 2.20. The highest BCUT2D eigenvalue weighted by Crippen LogP contribution is 2.18. The fourth-order valence-electron chi connectivity index (χ4n) is 1.47. The summed E-state index contributed by atoms with van der Waals surface area (Å²) in [6.07, 6.45) is 0.601. The predicted molar refractivity (Wildman–Crippen MR) is 56.3 cm³/mol. The quantitative estimate of drug-likeness (QED) is 0.745. The molecule has 0 N–H and O–H groups in total. The van der Waals surface area contributed by atoms with Crippen LogP contribution >= 0.6 is 0 Å². The maximum Gasteiger partial charge on any atom is 0.200 e. The standard InChI is InChI=1S/C11H11FN2O2/c1-15-11(16-2)9-4-3-7-5-8(12)6-13-10(7)14-9/h3-6,11H,1-2H3. The van der Waals surface area contributed by atoms with Crippen molar-refractivity contribution >= 4 is 11.0 Å². The second-order valence-corrected chi connectivity index (χ2v) is 3.24. The van der Waals surface area contributed by atoms with E-state index in [1.54, 1.807) is 12.1 Å². The van der Waals surface area contributed by atoms with Gasteiger partial charge in [0.2, 0.25) is 6.29 Å². The van der Waals surface area contributed by atoms with E-state index in [1.807, 2.05) is 0 Å². The van der Waals surface area contributed by atoms with Crippen molar-refractivity contribution in [2.45, 2.75) is 6.29 Å². The fraction of sp³-hybridized carbons (Fsp3) is 0.273. The minimum absolute atomic E-state index is 0.378. The van der Waals surface area contributed by atoms with E-state index >= 15 is 0 Å². The zero-order valence-corrected chi connectivity index (χ0v) is 8.98. The second-order valence-electron chi connectivity index (χ2n) is 3.24. The maximum absolute atomic E-state index is 12.9. The van der Waals surface area contributed by atoms with Gasteiger partial charge in [0.1, 0.15) is 5.82 Å². The largest absolute Gasteiger partial charge is 0.350 e. The molecule has 0 aromatic carbocycles. The van der Waals surface area contributed by atoms with Crippen molar-refractivity contribution in [2.24, 2.45) is 0 Å². The van der Waals surface area contributed by atoms with Gasteiger partial charge in [-0.25, -0.2) is 14.4 Å². The van der Waals surface area contributed by atoms with Gasteiger partial charge in [-0.15, -0.1) is 0 Å². The number of aromatic nitrogens is 2. The summed E-state index contributed by atoms with van der Waals surface area (Å²) in [6, 6.07) is 4.84. The number of fused-ring (bicyclic) bond motifs is 1. The van der Waals surface area contributed by atoms with Crippen LogP contribution in [0, 0.1) is 5.82 Å². The highest BCUT2D eigenvalue weighted by atomic mass is 19.1. The number of pyridine rings is 2. The Kier molecular flexibility index (Phi) is 3.07. The summed E-state index contributed by atoms with van der Waals surface area (Å²) >= 11 is 0. The number of rotatable bonds is 3. The number of methoxy groups -OCH3 is 2. The lowest BCUT2D eigenvalue weighted by atomic mass is 10.2. The Labute approximate surface area is 92.0 Å². The molecule has 5 heteroatoms. The van der Waals surface area contributed by atoms with Crippen LogP contribution in [0.5, 0.6) is 0 Å². The lowest BCUT2D eigenvalue weighted by Crippen LogP contribution is -2.06. The van der Waals surface area contributed by atoms with Crippen molar-refractivity contribution in [1.82, 2.24) is 9.97 Å². The summed E-state index contributed by atoms with van der Waals surface area (Å²) < 4.78 is 23.0. The lowest BCUT2D eigenvalue weighted by Gasteiger charge is -2.12. The summed E-state index contributed by atoms with van der Waals surface area (Å²) in [4.78, 5) is 8.13. The molecule has 0 spiro atoms. The molecule has 4 nitrogen and oxygen atoms in total. The van der Waals surface area contributed by atoms with Crippen molar-refractivity contribution < 1.29 is 13.9 Å². The average molecular weight is 222 g/mol. The molecule has 2 aromatic heterocycles. The molecular formula is C11H11FN2O2. The van der Waals surface area contributed by atoms with Crippen LogP contribution in [0.2, 0.25) is 0 Å². The van der Waals surface area contributed by atoms with Gasteiger partial charge in [-0.05, 0) is 18.2 Å². The zero-order chi connectivity index (χ0) is 11.5. The first-order chi connectivity index (χ1) is 7.74. The Morgan fingerprint density at radius 1 is 1.25 bits per heavy atom. The molecule has 0 aliphatic heterocycles. The number of nitrogens with zero attached hydrogens (tertiary/aromatic N) is 2. The Hall–Kier alpha value is -1.59. The van der Waals surface area contributed by atoms with E-state index in [-0.39, 0.29) is 5.82 Å². The molecule has 2 rings (SSSR count). The molecule has 0 fully saturated rings. The SMILES string of the molecule is COC(OC)c1ccc2cc(F)cnc2n1. The van der Waals surface area contributed by atoms with Crippen molar-refractivity contribution in [3.05, 3.63) is 35.9 Å². The van der Waals surface area contributed by atoms with E-state index in [0.717, 1.165) is 6.20 Å². The van der Waals surface area contributed by atoms with Crippen LogP contribution in [0.25, 0.3) is 11.0 Å². The summed E-state index contributed by atoms with van der Waals surface area (Å²) in [5, 5.41) is 0.648. The second kappa shape index (κ2) is 4.51. The number of hydrogen-bond donors (Lipinski definition) is 0. The summed E-state index contributed by atoms with van der Waals surface area (Å²) in [7, 11) is 3.05. The van der Waals surface area contributed by atoms with Crippen LogP contribution in [-0.2, 0) is 9.47 Å². The third-order valence-corrected chi connectivity index (χ3v) is 2.20. The molecule has 0 atom stereocenters. The van der Waals surface area contributed by atoms with Gasteiger partial charge in [0.05, 0.1) is 11.9 Å². The molecule has 84 valence electrons. The van der Waals surface area contributed by atoms with Gasteiger partial charge in [0, 0.05) is 19.6 Å². The van der Waals surface area contributed by atoms with Crippen molar-refractivity contribution in [2.75, 3.05) is 14.2 Å². The molecule has 0 bridgehead atoms. The molecule has 0 saturated carbocycles. The molecule has 0 aliphatic carbocycles. The zero-order valence-electron chi connectivity index (χ0n) is 8.98. The number of halogens is 1. The minimum atomic E-state index is -0.531. The molecular weight excluding hydrogens is 211 g/mol. The van der Waals surface area contributed by atoms with E-state index in [0.29, 0.717) is 16.7 Å². The normalized spacial score (nSPS) is 11.2. The topological polar surface area (TPSA) is 44.2 Å². The highest BCUT2D eigenvalue weighted by molar-refractivity contribution is 5.74. The monoisotopic (exact) mass is 222 g/mol. The molecule has 0 amide bonds. The van der Waals surface area contributed by atoms with Crippen LogP contribution in [0.4, 0.5) is 4.39 Å². The maximum atomic E-state index is 12.9.